The first-order valence-electron chi connectivity index (χ1n) is 9.12. The number of hydrogen-bond donors (Lipinski definition) is 0. The van der Waals surface area contributed by atoms with Crippen LogP contribution in [0.1, 0.15) is 44.4 Å². The lowest BCUT2D eigenvalue weighted by Crippen LogP contribution is -2.05. The first-order valence-corrected chi connectivity index (χ1v) is 9.12. The Kier molecular flexibility index (Phi) is 5.69. The Morgan fingerprint density at radius 1 is 1.20 bits per heavy atom. The molecule has 0 bridgehead atoms. The molecule has 0 amide bonds. The highest BCUT2D eigenvalue weighted by atomic mass is 16.5. The van der Waals surface area contributed by atoms with E-state index < -0.39 is 0 Å². The largest absolute Gasteiger partial charge is 0.494 e. The van der Waals surface area contributed by atoms with Gasteiger partial charge < -0.3 is 4.74 Å². The lowest BCUT2D eigenvalue weighted by molar-refractivity contribution is 0.298. The van der Waals surface area contributed by atoms with E-state index in [1.54, 1.807) is 0 Å². The van der Waals surface area contributed by atoms with Crippen LogP contribution in [0.25, 0.3) is 5.57 Å². The molecule has 0 atom stereocenters. The molecule has 4 nitrogen and oxygen atoms in total. The molecule has 0 aliphatic heterocycles. The van der Waals surface area contributed by atoms with Crippen molar-refractivity contribution in [2.75, 3.05) is 6.61 Å². The average Bonchev–Trinajstić information content (AvgIpc) is 3.09. The molecule has 0 unspecified atom stereocenters. The number of hydrogen-bond acceptors (Lipinski definition) is 3. The quantitative estimate of drug-likeness (QED) is 0.680. The lowest BCUT2D eigenvalue weighted by Gasteiger charge is -2.15. The third-order valence-electron chi connectivity index (χ3n) is 4.54. The van der Waals surface area contributed by atoms with Gasteiger partial charge in [-0.1, -0.05) is 54.5 Å². The smallest absolute Gasteiger partial charge is 0.119 e. The lowest BCUT2D eigenvalue weighted by atomic mass is 9.91. The zero-order valence-corrected chi connectivity index (χ0v) is 15.4. The minimum atomic E-state index is 0.595. The van der Waals surface area contributed by atoms with Crippen LogP contribution in [0.2, 0.25) is 0 Å². The van der Waals surface area contributed by atoms with E-state index in [1.807, 2.05) is 23.0 Å². The van der Waals surface area contributed by atoms with Crippen LogP contribution in [0, 0.1) is 12.8 Å². The van der Waals surface area contributed by atoms with Crippen LogP contribution in [0.3, 0.4) is 0 Å². The topological polar surface area (TPSA) is 39.9 Å². The first-order chi connectivity index (χ1) is 12.1. The Labute approximate surface area is 150 Å². The Morgan fingerprint density at radius 3 is 2.76 bits per heavy atom. The third kappa shape index (κ3) is 4.81. The molecule has 1 aromatic heterocycles. The zero-order chi connectivity index (χ0) is 17.6. The normalized spacial score (nSPS) is 14.4. The molecule has 0 saturated carbocycles. The van der Waals surface area contributed by atoms with Crippen molar-refractivity contribution >= 4 is 5.57 Å². The summed E-state index contributed by atoms with van der Waals surface area (Å²) in [7, 11) is 0. The fraction of sp³-hybridized carbons (Fsp3) is 0.429. The van der Waals surface area contributed by atoms with Gasteiger partial charge in [-0.3, -0.25) is 4.68 Å². The fourth-order valence-electron chi connectivity index (χ4n) is 2.95. The van der Waals surface area contributed by atoms with Gasteiger partial charge in [0.2, 0.25) is 0 Å². The molecule has 3 rings (SSSR count). The molecule has 0 saturated heterocycles. The van der Waals surface area contributed by atoms with Crippen molar-refractivity contribution in [1.29, 1.82) is 0 Å². The van der Waals surface area contributed by atoms with Crippen molar-refractivity contribution in [3.63, 3.8) is 0 Å². The van der Waals surface area contributed by atoms with Crippen LogP contribution in [-0.2, 0) is 6.54 Å². The van der Waals surface area contributed by atoms with Crippen LogP contribution in [-0.4, -0.2) is 21.6 Å². The van der Waals surface area contributed by atoms with Crippen LogP contribution in [0.5, 0.6) is 5.75 Å². The molecule has 4 heteroatoms. The Bertz CT molecular complexity index is 754. The second-order valence-corrected chi connectivity index (χ2v) is 6.95. The van der Waals surface area contributed by atoms with Crippen LogP contribution in [0.15, 0.2) is 48.2 Å². The van der Waals surface area contributed by atoms with E-state index in [2.05, 4.69) is 55.4 Å². The molecule has 1 aliphatic rings. The van der Waals surface area contributed by atoms with Gasteiger partial charge in [0.25, 0.3) is 0 Å². The highest BCUT2D eigenvalue weighted by molar-refractivity contribution is 5.73. The predicted octanol–water partition coefficient (Wildman–Crippen LogP) is 4.82. The maximum atomic E-state index is 5.76. The van der Waals surface area contributed by atoms with E-state index in [0.29, 0.717) is 12.5 Å². The number of aryl methyl sites for hydroxylation is 2. The number of ether oxygens (including phenoxy) is 1. The summed E-state index contributed by atoms with van der Waals surface area (Å²) in [5.74, 6) is 1.52. The SMILES string of the molecule is Cc1ccc(OCCCn2cc(C3=CCCC(C(C)C)=C3)nn2)cc1. The molecule has 0 N–H and O–H groups in total. The van der Waals surface area contributed by atoms with E-state index >= 15 is 0 Å². The first kappa shape index (κ1) is 17.5. The average molecular weight is 337 g/mol. The highest BCUT2D eigenvalue weighted by Crippen LogP contribution is 2.27. The summed E-state index contributed by atoms with van der Waals surface area (Å²) in [6.07, 6.45) is 9.74. The minimum absolute atomic E-state index is 0.595. The molecule has 1 aliphatic carbocycles. The highest BCUT2D eigenvalue weighted by Gasteiger charge is 2.12. The molecule has 1 aromatic carbocycles. The van der Waals surface area contributed by atoms with Gasteiger partial charge in [-0.25, -0.2) is 0 Å². The minimum Gasteiger partial charge on any atom is -0.494 e. The monoisotopic (exact) mass is 337 g/mol. The van der Waals surface area contributed by atoms with E-state index in [4.69, 9.17) is 4.74 Å². The summed E-state index contributed by atoms with van der Waals surface area (Å²) < 4.78 is 7.67. The van der Waals surface area contributed by atoms with Crippen molar-refractivity contribution in [1.82, 2.24) is 15.0 Å². The van der Waals surface area contributed by atoms with Crippen molar-refractivity contribution < 1.29 is 4.74 Å². The van der Waals surface area contributed by atoms with Gasteiger partial charge in [-0.2, -0.15) is 0 Å². The predicted molar refractivity (Wildman–Crippen MR) is 101 cm³/mol. The van der Waals surface area contributed by atoms with Gasteiger partial charge in [0.15, 0.2) is 0 Å². The van der Waals surface area contributed by atoms with Gasteiger partial charge in [0.1, 0.15) is 11.4 Å². The number of allylic oxidation sites excluding steroid dienone is 4. The van der Waals surface area contributed by atoms with Gasteiger partial charge in [-0.15, -0.1) is 5.10 Å². The van der Waals surface area contributed by atoms with E-state index in [9.17, 15) is 0 Å². The second kappa shape index (κ2) is 8.15. The fourth-order valence-corrected chi connectivity index (χ4v) is 2.95. The number of benzene rings is 1. The molecule has 132 valence electrons. The maximum Gasteiger partial charge on any atom is 0.119 e. The molecule has 2 aromatic rings. The molecule has 0 radical (unpaired) electrons. The Hall–Kier alpha value is -2.36. The molecule has 1 heterocycles. The molecular weight excluding hydrogens is 310 g/mol. The summed E-state index contributed by atoms with van der Waals surface area (Å²) in [6, 6.07) is 8.15. The summed E-state index contributed by atoms with van der Waals surface area (Å²) in [5, 5.41) is 8.60. The van der Waals surface area contributed by atoms with Gasteiger partial charge in [-0.05, 0) is 43.4 Å². The van der Waals surface area contributed by atoms with Crippen molar-refractivity contribution in [2.24, 2.45) is 5.92 Å². The number of rotatable bonds is 7. The van der Waals surface area contributed by atoms with Gasteiger partial charge >= 0.3 is 0 Å². The maximum absolute atomic E-state index is 5.76. The molecular formula is C21H27N3O. The van der Waals surface area contributed by atoms with E-state index in [1.165, 1.54) is 16.7 Å². The number of aromatic nitrogens is 3. The summed E-state index contributed by atoms with van der Waals surface area (Å²) in [5.41, 5.74) is 4.92. The summed E-state index contributed by atoms with van der Waals surface area (Å²) in [6.45, 7) is 8.07. The summed E-state index contributed by atoms with van der Waals surface area (Å²) in [4.78, 5) is 0. The molecule has 0 fully saturated rings. The van der Waals surface area contributed by atoms with Crippen LogP contribution in [0.4, 0.5) is 0 Å². The van der Waals surface area contributed by atoms with Crippen molar-refractivity contribution in [2.45, 2.75) is 46.6 Å². The van der Waals surface area contributed by atoms with Crippen molar-refractivity contribution in [3.8, 4) is 5.75 Å². The van der Waals surface area contributed by atoms with Crippen LogP contribution >= 0.6 is 0 Å². The Morgan fingerprint density at radius 2 is 2.00 bits per heavy atom. The second-order valence-electron chi connectivity index (χ2n) is 6.95. The van der Waals surface area contributed by atoms with Gasteiger partial charge in [0, 0.05) is 13.0 Å². The van der Waals surface area contributed by atoms with E-state index in [0.717, 1.165) is 37.3 Å². The van der Waals surface area contributed by atoms with E-state index in [-0.39, 0.29) is 0 Å². The third-order valence-corrected chi connectivity index (χ3v) is 4.54. The zero-order valence-electron chi connectivity index (χ0n) is 15.4. The number of nitrogens with zero attached hydrogens (tertiary/aromatic N) is 3. The van der Waals surface area contributed by atoms with Crippen molar-refractivity contribution in [3.05, 3.63) is 59.4 Å². The van der Waals surface area contributed by atoms with Gasteiger partial charge in [0.05, 0.1) is 12.8 Å². The summed E-state index contributed by atoms with van der Waals surface area (Å²) >= 11 is 0. The van der Waals surface area contributed by atoms with Crippen LogP contribution < -0.4 is 4.74 Å². The Balaban J connectivity index is 1.50. The molecule has 0 spiro atoms. The standard InChI is InChI=1S/C21H27N3O/c1-16(2)18-6-4-7-19(14-18)21-15-24(23-22-21)12-5-13-25-20-10-8-17(3)9-11-20/h7-11,14-16H,4-6,12-13H2,1-3H3. The molecule has 25 heavy (non-hydrogen) atoms.